The predicted molar refractivity (Wildman–Crippen MR) is 115 cm³/mol. The van der Waals surface area contributed by atoms with E-state index in [-0.39, 0.29) is 12.3 Å². The minimum Gasteiger partial charge on any atom is -0.497 e. The van der Waals surface area contributed by atoms with Gasteiger partial charge in [-0.25, -0.2) is 0 Å². The van der Waals surface area contributed by atoms with Gasteiger partial charge in [-0.15, -0.1) is 11.3 Å². The van der Waals surface area contributed by atoms with Gasteiger partial charge in [0.15, 0.2) is 0 Å². The van der Waals surface area contributed by atoms with E-state index in [2.05, 4.69) is 15.2 Å². The third kappa shape index (κ3) is 3.61. The molecule has 1 aliphatic rings. The molecule has 0 atom stereocenters. The van der Waals surface area contributed by atoms with Crippen LogP contribution in [0.1, 0.15) is 32.1 Å². The van der Waals surface area contributed by atoms with Gasteiger partial charge >= 0.3 is 0 Å². The number of nitrogens with one attached hydrogen (secondary N) is 2. The number of benzene rings is 1. The highest BCUT2D eigenvalue weighted by Gasteiger charge is 2.26. The van der Waals surface area contributed by atoms with Crippen molar-refractivity contribution in [1.82, 2.24) is 9.88 Å². The van der Waals surface area contributed by atoms with E-state index >= 15 is 0 Å². The number of H-pyrrole nitrogens is 1. The van der Waals surface area contributed by atoms with E-state index in [4.69, 9.17) is 10.5 Å². The van der Waals surface area contributed by atoms with Gasteiger partial charge in [0, 0.05) is 34.6 Å². The summed E-state index contributed by atoms with van der Waals surface area (Å²) >= 11 is 1.45. The maximum atomic E-state index is 12.9. The molecule has 8 heteroatoms. The summed E-state index contributed by atoms with van der Waals surface area (Å²) in [4.78, 5) is 31.5. The molecule has 4 N–H and O–H groups in total. The first kappa shape index (κ1) is 19.5. The lowest BCUT2D eigenvalue weighted by atomic mass is 10.0. The molecular formula is C21H24N4O3S. The molecule has 2 aromatic heterocycles. The highest BCUT2D eigenvalue weighted by Crippen LogP contribution is 2.37. The molecule has 0 saturated carbocycles. The Morgan fingerprint density at radius 2 is 2.17 bits per heavy atom. The van der Waals surface area contributed by atoms with Crippen LogP contribution >= 0.6 is 11.3 Å². The molecule has 1 aromatic carbocycles. The highest BCUT2D eigenvalue weighted by molar-refractivity contribution is 7.17. The standard InChI is InChI=1S/C21H24N4O3S/c1-11-14(15-8-12(28-3)4-5-16(15)23-11)9-18(26)24-21-19(20(22)27)13-6-7-25(2)10-17(13)29-21/h4-5,8,23H,6-7,9-10H2,1-3H3,(H2,22,27)(H,24,26). The number of ether oxygens (including phenoxy) is 1. The number of likely N-dealkylation sites (N-methyl/N-ethyl adjacent to an activating group) is 1. The molecule has 0 radical (unpaired) electrons. The predicted octanol–water partition coefficient (Wildman–Crippen LogP) is 2.81. The monoisotopic (exact) mass is 412 g/mol. The van der Waals surface area contributed by atoms with Crippen LogP contribution in [0, 0.1) is 6.92 Å². The van der Waals surface area contributed by atoms with Crippen molar-refractivity contribution in [3.05, 3.63) is 45.5 Å². The second-order valence-corrected chi connectivity index (χ2v) is 8.53. The summed E-state index contributed by atoms with van der Waals surface area (Å²) in [6.07, 6.45) is 0.956. The second-order valence-electron chi connectivity index (χ2n) is 7.42. The number of rotatable bonds is 5. The Balaban J connectivity index is 1.62. The van der Waals surface area contributed by atoms with Gasteiger partial charge in [-0.1, -0.05) is 0 Å². The smallest absolute Gasteiger partial charge is 0.251 e. The van der Waals surface area contributed by atoms with E-state index in [1.54, 1.807) is 7.11 Å². The summed E-state index contributed by atoms with van der Waals surface area (Å²) < 4.78 is 5.32. The maximum Gasteiger partial charge on any atom is 0.251 e. The van der Waals surface area contributed by atoms with Gasteiger partial charge in [0.05, 0.1) is 19.1 Å². The van der Waals surface area contributed by atoms with Gasteiger partial charge < -0.3 is 25.7 Å². The number of nitrogens with zero attached hydrogens (tertiary/aromatic N) is 1. The first-order chi connectivity index (χ1) is 13.9. The van der Waals surface area contributed by atoms with Crippen LogP contribution in [0.5, 0.6) is 5.75 Å². The summed E-state index contributed by atoms with van der Waals surface area (Å²) in [6.45, 7) is 3.58. The average molecular weight is 413 g/mol. The fraction of sp³-hybridized carbons (Fsp3) is 0.333. The Morgan fingerprint density at radius 1 is 1.38 bits per heavy atom. The van der Waals surface area contributed by atoms with Gasteiger partial charge in [-0.2, -0.15) is 0 Å². The lowest BCUT2D eigenvalue weighted by Crippen LogP contribution is -2.27. The van der Waals surface area contributed by atoms with E-state index in [0.717, 1.165) is 57.9 Å². The zero-order valence-electron chi connectivity index (χ0n) is 16.7. The number of amides is 2. The SMILES string of the molecule is COc1ccc2[nH]c(C)c(CC(=O)Nc3sc4c(c3C(N)=O)CCN(C)C4)c2c1. The molecule has 4 rings (SSSR count). The lowest BCUT2D eigenvalue weighted by molar-refractivity contribution is -0.115. The van der Waals surface area contributed by atoms with E-state index in [0.29, 0.717) is 10.6 Å². The molecule has 7 nitrogen and oxygen atoms in total. The Labute approximate surface area is 172 Å². The average Bonchev–Trinajstić information content (AvgIpc) is 3.17. The Kier molecular flexibility index (Phi) is 5.06. The number of fused-ring (bicyclic) bond motifs is 2. The number of aryl methyl sites for hydroxylation is 1. The zero-order valence-corrected chi connectivity index (χ0v) is 17.5. The Bertz CT molecular complexity index is 1120. The number of methoxy groups -OCH3 is 1. The third-order valence-electron chi connectivity index (χ3n) is 5.41. The first-order valence-corrected chi connectivity index (χ1v) is 10.3. The highest BCUT2D eigenvalue weighted by atomic mass is 32.1. The molecule has 3 heterocycles. The molecule has 0 spiro atoms. The number of thiophene rings is 1. The molecule has 2 amide bonds. The molecule has 0 fully saturated rings. The topological polar surface area (TPSA) is 100 Å². The van der Waals surface area contributed by atoms with E-state index in [1.165, 1.54) is 11.3 Å². The Hall–Kier alpha value is -2.84. The number of hydrogen-bond donors (Lipinski definition) is 3. The van der Waals surface area contributed by atoms with Crippen molar-refractivity contribution in [2.24, 2.45) is 5.73 Å². The molecular weight excluding hydrogens is 388 g/mol. The minimum absolute atomic E-state index is 0.175. The van der Waals surface area contributed by atoms with Crippen molar-refractivity contribution in [2.45, 2.75) is 26.3 Å². The van der Waals surface area contributed by atoms with Crippen molar-refractivity contribution in [2.75, 3.05) is 26.0 Å². The van der Waals surface area contributed by atoms with Crippen LogP contribution in [0.2, 0.25) is 0 Å². The maximum absolute atomic E-state index is 12.9. The van der Waals surface area contributed by atoms with Crippen LogP contribution in [0.4, 0.5) is 5.00 Å². The number of primary amides is 1. The van der Waals surface area contributed by atoms with E-state index < -0.39 is 5.91 Å². The minimum atomic E-state index is -0.490. The van der Waals surface area contributed by atoms with Gasteiger partial charge in [-0.3, -0.25) is 9.59 Å². The normalized spacial score (nSPS) is 14.0. The molecule has 0 saturated heterocycles. The first-order valence-electron chi connectivity index (χ1n) is 9.45. The van der Waals surface area contributed by atoms with Crippen molar-refractivity contribution < 1.29 is 14.3 Å². The molecule has 29 heavy (non-hydrogen) atoms. The number of nitrogens with two attached hydrogens (primary N) is 1. The molecule has 0 unspecified atom stereocenters. The Morgan fingerprint density at radius 3 is 2.90 bits per heavy atom. The van der Waals surface area contributed by atoms with Crippen molar-refractivity contribution in [3.63, 3.8) is 0 Å². The largest absolute Gasteiger partial charge is 0.497 e. The summed E-state index contributed by atoms with van der Waals surface area (Å²) in [5.41, 5.74) is 9.89. The molecule has 1 aliphatic heterocycles. The molecule has 152 valence electrons. The lowest BCUT2D eigenvalue weighted by Gasteiger charge is -2.22. The number of hydrogen-bond acceptors (Lipinski definition) is 5. The van der Waals surface area contributed by atoms with Crippen LogP contribution in [0.25, 0.3) is 10.9 Å². The number of aromatic nitrogens is 1. The van der Waals surface area contributed by atoms with Crippen LogP contribution in [-0.2, 0) is 24.2 Å². The van der Waals surface area contributed by atoms with Gasteiger partial charge in [-0.05, 0) is 49.7 Å². The fourth-order valence-electron chi connectivity index (χ4n) is 3.93. The van der Waals surface area contributed by atoms with Gasteiger partial charge in [0.1, 0.15) is 10.8 Å². The van der Waals surface area contributed by atoms with Crippen LogP contribution in [0.3, 0.4) is 0 Å². The summed E-state index contributed by atoms with van der Waals surface area (Å²) in [7, 11) is 3.66. The summed E-state index contributed by atoms with van der Waals surface area (Å²) in [5, 5.41) is 4.45. The van der Waals surface area contributed by atoms with Crippen molar-refractivity contribution in [3.8, 4) is 5.75 Å². The van der Waals surface area contributed by atoms with Crippen molar-refractivity contribution >= 4 is 39.1 Å². The van der Waals surface area contributed by atoms with Crippen LogP contribution < -0.4 is 15.8 Å². The van der Waals surface area contributed by atoms with E-state index in [9.17, 15) is 9.59 Å². The third-order valence-corrected chi connectivity index (χ3v) is 6.54. The van der Waals surface area contributed by atoms with Crippen molar-refractivity contribution in [1.29, 1.82) is 0 Å². The van der Waals surface area contributed by atoms with Crippen LogP contribution in [-0.4, -0.2) is 42.4 Å². The quantitative estimate of drug-likeness (QED) is 0.600. The number of carbonyl (C=O) groups is 2. The number of anilines is 1. The van der Waals surface area contributed by atoms with Crippen LogP contribution in [0.15, 0.2) is 18.2 Å². The number of carbonyl (C=O) groups excluding carboxylic acids is 2. The summed E-state index contributed by atoms with van der Waals surface area (Å²) in [5.74, 6) is 0.0749. The van der Waals surface area contributed by atoms with Gasteiger partial charge in [0.25, 0.3) is 5.91 Å². The zero-order chi connectivity index (χ0) is 20.7. The van der Waals surface area contributed by atoms with Gasteiger partial charge in [0.2, 0.25) is 5.91 Å². The molecule has 0 bridgehead atoms. The van der Waals surface area contributed by atoms with E-state index in [1.807, 2.05) is 32.2 Å². The summed E-state index contributed by atoms with van der Waals surface area (Å²) in [6, 6.07) is 5.75. The number of aromatic amines is 1. The fourth-order valence-corrected chi connectivity index (χ4v) is 5.28. The molecule has 0 aliphatic carbocycles. The molecule has 3 aromatic rings. The second kappa shape index (κ2) is 7.53.